The van der Waals surface area contributed by atoms with Crippen LogP contribution in [0.3, 0.4) is 0 Å². The normalized spacial score (nSPS) is 14.6. The fourth-order valence-corrected chi connectivity index (χ4v) is 23.3. The Balaban J connectivity index is 8.37. The molecule has 0 bridgehead atoms. The van der Waals surface area contributed by atoms with E-state index in [1.807, 2.05) is 35.2 Å². The van der Waals surface area contributed by atoms with Crippen LogP contribution >= 0.6 is 29.0 Å². The van der Waals surface area contributed by atoms with E-state index in [0.29, 0.717) is 0 Å². The molecule has 0 radical (unpaired) electrons. The second kappa shape index (κ2) is 13.2. The van der Waals surface area contributed by atoms with Gasteiger partial charge in [0.2, 0.25) is 0 Å². The Morgan fingerprint density at radius 2 is 0.676 bits per heavy atom. The predicted molar refractivity (Wildman–Crippen MR) is 161 cm³/mol. The van der Waals surface area contributed by atoms with Crippen molar-refractivity contribution in [2.24, 2.45) is 13.5 Å². The maximum atomic E-state index is 6.51. The van der Waals surface area contributed by atoms with E-state index in [9.17, 15) is 0 Å². The molecule has 0 aliphatic heterocycles. The molecule has 0 saturated heterocycles. The second-order valence-corrected chi connectivity index (χ2v) is 24.2. The zero-order valence-corrected chi connectivity index (χ0v) is 29.0. The van der Waals surface area contributed by atoms with Crippen molar-refractivity contribution >= 4 is 40.8 Å². The molecule has 0 aliphatic rings. The smallest absolute Gasteiger partial charge is 0.262 e. The van der Waals surface area contributed by atoms with Crippen LogP contribution in [0.1, 0.15) is 0 Å². The molecular formula is C17H52N12P4S. The van der Waals surface area contributed by atoms with Crippen LogP contribution in [0.5, 0.6) is 0 Å². The van der Waals surface area contributed by atoms with Gasteiger partial charge in [0, 0.05) is 0 Å². The molecule has 0 amide bonds. The third-order valence-corrected chi connectivity index (χ3v) is 22.3. The van der Waals surface area contributed by atoms with Gasteiger partial charge in [-0.25, -0.2) is 0 Å². The van der Waals surface area contributed by atoms with Crippen LogP contribution in [0.25, 0.3) is 0 Å². The summed E-state index contributed by atoms with van der Waals surface area (Å²) in [5.41, 5.74) is 0. The van der Waals surface area contributed by atoms with Crippen molar-refractivity contribution < 1.29 is 0 Å². The fourth-order valence-electron chi connectivity index (χ4n) is 4.12. The first-order valence-electron chi connectivity index (χ1n) is 10.9. The molecule has 0 unspecified atom stereocenters. The van der Waals surface area contributed by atoms with E-state index in [4.69, 9.17) is 25.4 Å². The Hall–Kier alpha value is 0.980. The van der Waals surface area contributed by atoms with E-state index in [1.54, 1.807) is 0 Å². The molecule has 1 N–H and O–H groups in total. The molecule has 206 valence electrons. The van der Waals surface area contributed by atoms with Gasteiger partial charge in [-0.15, -0.1) is 0 Å². The number of hydrogen-bond donors (Lipinski definition) is 1. The summed E-state index contributed by atoms with van der Waals surface area (Å²) in [6.07, 6.45) is 0. The van der Waals surface area contributed by atoms with Crippen LogP contribution in [-0.4, -0.2) is 157 Å². The van der Waals surface area contributed by atoms with Gasteiger partial charge in [0.25, 0.3) is 6.49 Å². The summed E-state index contributed by atoms with van der Waals surface area (Å²) in [4.78, 5) is 0. The van der Waals surface area contributed by atoms with Gasteiger partial charge in [0.15, 0.2) is 22.5 Å². The standard InChI is InChI=1S/C17H52N12P4S/c1-18-31(22(2)3,23(4)5)19-30(34,20-32(24(6)7,25(8)9)26(10)11)21-33(27(12)13,28(14)15)29(16)17/h18H,1-17H3. The van der Waals surface area contributed by atoms with E-state index in [0.717, 1.165) is 0 Å². The Labute approximate surface area is 216 Å². The van der Waals surface area contributed by atoms with Crippen LogP contribution in [0.15, 0.2) is 13.5 Å². The molecule has 0 fully saturated rings. The molecule has 0 aliphatic carbocycles. The van der Waals surface area contributed by atoms with Crippen molar-refractivity contribution in [3.8, 4) is 0 Å². The van der Waals surface area contributed by atoms with Gasteiger partial charge in [0.1, 0.15) is 0 Å². The molecular weight excluding hydrogens is 528 g/mol. The molecule has 34 heavy (non-hydrogen) atoms. The van der Waals surface area contributed by atoms with Crippen molar-refractivity contribution in [1.29, 1.82) is 0 Å². The SMILES string of the molecule is CNP(=NP(=S)(N=P(N(C)C)(N(C)C)N(C)C)N=P(N(C)C)(N(C)C)N(C)C)(N(C)C)N(C)C. The third-order valence-electron chi connectivity index (χ3n) is 5.35. The first kappa shape index (κ1) is 35.0. The highest BCUT2D eigenvalue weighted by molar-refractivity contribution is 8.15. The highest BCUT2D eigenvalue weighted by Gasteiger charge is 2.39. The summed E-state index contributed by atoms with van der Waals surface area (Å²) in [6, 6.07) is 0. The van der Waals surface area contributed by atoms with Crippen molar-refractivity contribution in [3.05, 3.63) is 0 Å². The van der Waals surface area contributed by atoms with Gasteiger partial charge in [-0.3, -0.25) is 42.5 Å². The van der Waals surface area contributed by atoms with Gasteiger partial charge < -0.3 is 0 Å². The Morgan fingerprint density at radius 3 is 0.824 bits per heavy atom. The third kappa shape index (κ3) is 6.89. The van der Waals surface area contributed by atoms with E-state index in [1.165, 1.54) is 0 Å². The molecule has 0 saturated carbocycles. The lowest BCUT2D eigenvalue weighted by molar-refractivity contribution is 0.474. The maximum absolute atomic E-state index is 6.51. The lowest BCUT2D eigenvalue weighted by atomic mass is 11.2. The summed E-state index contributed by atoms with van der Waals surface area (Å²) in [5, 5.41) is 3.50. The zero-order valence-electron chi connectivity index (χ0n) is 24.6. The minimum absolute atomic E-state index is 1.94. The summed E-state index contributed by atoms with van der Waals surface area (Å²) < 4.78 is 33.8. The van der Waals surface area contributed by atoms with Crippen molar-refractivity contribution in [2.45, 2.75) is 0 Å². The topological polar surface area (TPSA) is 75.0 Å². The second-order valence-electron chi connectivity index (χ2n) is 9.42. The van der Waals surface area contributed by atoms with Gasteiger partial charge in [-0.05, 0) is 132 Å². The van der Waals surface area contributed by atoms with Crippen LogP contribution in [-0.2, 0) is 11.8 Å². The lowest BCUT2D eigenvalue weighted by Gasteiger charge is -2.44. The zero-order chi connectivity index (χ0) is 27.4. The Morgan fingerprint density at radius 1 is 0.441 bits per heavy atom. The molecule has 0 aromatic rings. The molecule has 0 spiro atoms. The van der Waals surface area contributed by atoms with Crippen molar-refractivity contribution in [1.82, 2.24) is 42.5 Å². The van der Waals surface area contributed by atoms with Gasteiger partial charge in [-0.2, -0.15) is 13.5 Å². The van der Waals surface area contributed by atoms with Crippen LogP contribution in [0.4, 0.5) is 0 Å². The Bertz CT molecular complexity index is 763. The quantitative estimate of drug-likeness (QED) is 0.345. The minimum atomic E-state index is -3.07. The number of hydrogen-bond acceptors (Lipinski definition) is 1. The average molecular weight is 581 g/mol. The molecule has 12 nitrogen and oxygen atoms in total. The van der Waals surface area contributed by atoms with Crippen LogP contribution < -0.4 is 5.09 Å². The van der Waals surface area contributed by atoms with Gasteiger partial charge in [-0.1, -0.05) is 0 Å². The summed E-state index contributed by atoms with van der Waals surface area (Å²) in [7, 11) is 27.6. The highest BCUT2D eigenvalue weighted by atomic mass is 32.4. The van der Waals surface area contributed by atoms with Crippen LogP contribution in [0.2, 0.25) is 0 Å². The summed E-state index contributed by atoms with van der Waals surface area (Å²) in [5.74, 6) is 0. The van der Waals surface area contributed by atoms with E-state index >= 15 is 0 Å². The minimum Gasteiger partial charge on any atom is -0.262 e. The largest absolute Gasteiger partial charge is 0.281 e. The van der Waals surface area contributed by atoms with Crippen molar-refractivity contribution in [2.75, 3.05) is 120 Å². The molecule has 17 heteroatoms. The highest BCUT2D eigenvalue weighted by Crippen LogP contribution is 2.75. The maximum Gasteiger partial charge on any atom is 0.281 e. The van der Waals surface area contributed by atoms with E-state index < -0.39 is 29.0 Å². The Kier molecular flexibility index (Phi) is 13.5. The summed E-state index contributed by atoms with van der Waals surface area (Å²) in [6.45, 7) is -3.07. The molecule has 0 aromatic heterocycles. The molecule has 0 heterocycles. The first-order chi connectivity index (χ1) is 15.2. The van der Waals surface area contributed by atoms with Crippen LogP contribution in [0, 0.1) is 0 Å². The number of nitrogens with one attached hydrogen (secondary N) is 1. The first-order valence-corrected chi connectivity index (χ1v) is 18.4. The monoisotopic (exact) mass is 580 g/mol. The van der Waals surface area contributed by atoms with Gasteiger partial charge in [0.05, 0.1) is 0 Å². The van der Waals surface area contributed by atoms with Gasteiger partial charge >= 0.3 is 0 Å². The molecule has 0 aromatic carbocycles. The molecule has 0 atom stereocenters. The number of nitrogens with zero attached hydrogens (tertiary/aromatic N) is 11. The fraction of sp³-hybridized carbons (Fsp3) is 1.00. The lowest BCUT2D eigenvalue weighted by Crippen LogP contribution is -2.31. The van der Waals surface area contributed by atoms with E-state index in [2.05, 4.69) is 127 Å². The van der Waals surface area contributed by atoms with E-state index in [-0.39, 0.29) is 0 Å². The predicted octanol–water partition coefficient (Wildman–Crippen LogP) is 3.76. The van der Waals surface area contributed by atoms with Crippen molar-refractivity contribution in [3.63, 3.8) is 0 Å². The average Bonchev–Trinajstić information content (AvgIpc) is 2.66. The summed E-state index contributed by atoms with van der Waals surface area (Å²) >= 11 is 6.51. The molecule has 0 rings (SSSR count). The number of rotatable bonds is 12.